The first-order chi connectivity index (χ1) is 6.77. The van der Waals surface area contributed by atoms with E-state index in [1.807, 2.05) is 0 Å². The maximum atomic E-state index is 11.6. The zero-order valence-electron chi connectivity index (χ0n) is 7.86. The number of aliphatic hydroxyl groups is 1. The van der Waals surface area contributed by atoms with Gasteiger partial charge in [-0.3, -0.25) is 4.79 Å². The van der Waals surface area contributed by atoms with Gasteiger partial charge >= 0.3 is 0 Å². The molecule has 4 nitrogen and oxygen atoms in total. The molecule has 4 heteroatoms. The monoisotopic (exact) mass is 194 g/mol. The van der Waals surface area contributed by atoms with E-state index in [1.165, 1.54) is 0 Å². The summed E-state index contributed by atoms with van der Waals surface area (Å²) in [4.78, 5) is 14.4. The maximum Gasteiger partial charge on any atom is 0.253 e. The van der Waals surface area contributed by atoms with Crippen molar-refractivity contribution >= 4 is 5.91 Å². The van der Waals surface area contributed by atoms with Crippen molar-refractivity contribution in [2.75, 3.05) is 0 Å². The molecule has 1 aromatic rings. The van der Waals surface area contributed by atoms with E-state index in [4.69, 9.17) is 0 Å². The number of aromatic nitrogens is 1. The molecular weight excluding hydrogens is 180 g/mol. The normalized spacial score (nSPS) is 26.4. The first-order valence-corrected chi connectivity index (χ1v) is 4.89. The van der Waals surface area contributed by atoms with Crippen molar-refractivity contribution < 1.29 is 9.90 Å². The van der Waals surface area contributed by atoms with Gasteiger partial charge in [-0.2, -0.15) is 0 Å². The molecule has 2 rings (SSSR count). The highest BCUT2D eigenvalue weighted by Crippen LogP contribution is 2.19. The van der Waals surface area contributed by atoms with Crippen LogP contribution >= 0.6 is 0 Å². The third-order valence-corrected chi connectivity index (χ3v) is 2.66. The highest BCUT2D eigenvalue weighted by atomic mass is 16.3. The summed E-state index contributed by atoms with van der Waals surface area (Å²) in [6.07, 6.45) is 5.63. The third kappa shape index (κ3) is 1.80. The Morgan fingerprint density at radius 1 is 1.57 bits per heavy atom. The van der Waals surface area contributed by atoms with E-state index in [0.717, 1.165) is 19.3 Å². The van der Waals surface area contributed by atoms with Crippen molar-refractivity contribution in [1.82, 2.24) is 10.3 Å². The molecule has 1 amide bonds. The number of hydrogen-bond acceptors (Lipinski definition) is 2. The van der Waals surface area contributed by atoms with Gasteiger partial charge in [-0.25, -0.2) is 0 Å². The molecule has 0 radical (unpaired) electrons. The average Bonchev–Trinajstić information content (AvgIpc) is 2.77. The number of hydrogen-bond donors (Lipinski definition) is 3. The molecule has 1 aliphatic carbocycles. The Labute approximate surface area is 82.3 Å². The van der Waals surface area contributed by atoms with E-state index < -0.39 is 0 Å². The van der Waals surface area contributed by atoms with Gasteiger partial charge in [0.25, 0.3) is 5.91 Å². The van der Waals surface area contributed by atoms with E-state index >= 15 is 0 Å². The molecule has 0 aliphatic heterocycles. The molecule has 1 fully saturated rings. The average molecular weight is 194 g/mol. The van der Waals surface area contributed by atoms with Crippen molar-refractivity contribution in [1.29, 1.82) is 0 Å². The van der Waals surface area contributed by atoms with E-state index in [-0.39, 0.29) is 18.1 Å². The van der Waals surface area contributed by atoms with Crippen molar-refractivity contribution in [3.8, 4) is 0 Å². The molecule has 1 aromatic heterocycles. The quantitative estimate of drug-likeness (QED) is 0.647. The Bertz CT molecular complexity index is 308. The fourth-order valence-electron chi connectivity index (χ4n) is 1.83. The lowest BCUT2D eigenvalue weighted by molar-refractivity contribution is 0.0873. The lowest BCUT2D eigenvalue weighted by atomic mass is 10.2. The van der Waals surface area contributed by atoms with E-state index in [0.29, 0.717) is 5.56 Å². The molecule has 1 saturated carbocycles. The van der Waals surface area contributed by atoms with Crippen LogP contribution in [0.2, 0.25) is 0 Å². The van der Waals surface area contributed by atoms with Gasteiger partial charge in [0.1, 0.15) is 0 Å². The minimum absolute atomic E-state index is 0.0719. The van der Waals surface area contributed by atoms with Crippen LogP contribution in [-0.2, 0) is 0 Å². The molecule has 2 atom stereocenters. The van der Waals surface area contributed by atoms with Crippen molar-refractivity contribution in [2.24, 2.45) is 0 Å². The largest absolute Gasteiger partial charge is 0.391 e. The summed E-state index contributed by atoms with van der Waals surface area (Å²) >= 11 is 0. The molecule has 3 N–H and O–H groups in total. The van der Waals surface area contributed by atoms with Crippen LogP contribution in [0.3, 0.4) is 0 Å². The van der Waals surface area contributed by atoms with Gasteiger partial charge in [-0.05, 0) is 25.3 Å². The molecule has 14 heavy (non-hydrogen) atoms. The summed E-state index contributed by atoms with van der Waals surface area (Å²) in [7, 11) is 0. The predicted octanol–water partition coefficient (Wildman–Crippen LogP) is 0.658. The maximum absolute atomic E-state index is 11.6. The molecule has 0 spiro atoms. The Morgan fingerprint density at radius 3 is 3.00 bits per heavy atom. The Hall–Kier alpha value is -1.29. The van der Waals surface area contributed by atoms with Gasteiger partial charge in [-0.15, -0.1) is 0 Å². The topological polar surface area (TPSA) is 65.1 Å². The number of aliphatic hydroxyl groups excluding tert-OH is 1. The van der Waals surface area contributed by atoms with Gasteiger partial charge in [0.15, 0.2) is 0 Å². The second-order valence-corrected chi connectivity index (χ2v) is 3.68. The van der Waals surface area contributed by atoms with Crippen LogP contribution in [0, 0.1) is 0 Å². The smallest absolute Gasteiger partial charge is 0.253 e. The molecule has 1 aliphatic rings. The molecule has 0 unspecified atom stereocenters. The fourth-order valence-corrected chi connectivity index (χ4v) is 1.83. The number of amides is 1. The molecule has 0 aromatic carbocycles. The number of carbonyl (C=O) groups is 1. The zero-order valence-corrected chi connectivity index (χ0v) is 7.86. The number of rotatable bonds is 2. The van der Waals surface area contributed by atoms with Crippen molar-refractivity contribution in [3.63, 3.8) is 0 Å². The molecule has 1 heterocycles. The SMILES string of the molecule is O=C(N[C@H]1CCC[C@H]1O)c1cc[nH]c1. The Balaban J connectivity index is 1.95. The Kier molecular flexibility index (Phi) is 2.54. The number of nitrogens with one attached hydrogen (secondary N) is 2. The van der Waals surface area contributed by atoms with Crippen LogP contribution in [0.5, 0.6) is 0 Å². The minimum Gasteiger partial charge on any atom is -0.391 e. The molecule has 0 bridgehead atoms. The summed E-state index contributed by atoms with van der Waals surface area (Å²) in [6.45, 7) is 0. The summed E-state index contributed by atoms with van der Waals surface area (Å²) in [6, 6.07) is 1.65. The van der Waals surface area contributed by atoms with Crippen LogP contribution < -0.4 is 5.32 Å². The second kappa shape index (κ2) is 3.84. The van der Waals surface area contributed by atoms with Crippen LogP contribution in [0.1, 0.15) is 29.6 Å². The standard InChI is InChI=1S/C10H14N2O2/c13-9-3-1-2-8(9)12-10(14)7-4-5-11-6-7/h4-6,8-9,11,13H,1-3H2,(H,12,14)/t8-,9+/m0/s1. The van der Waals surface area contributed by atoms with Crippen molar-refractivity contribution in [3.05, 3.63) is 24.0 Å². The highest BCUT2D eigenvalue weighted by Gasteiger charge is 2.26. The zero-order chi connectivity index (χ0) is 9.97. The van der Waals surface area contributed by atoms with Crippen molar-refractivity contribution in [2.45, 2.75) is 31.4 Å². The van der Waals surface area contributed by atoms with Gasteiger partial charge in [0.05, 0.1) is 17.7 Å². The predicted molar refractivity (Wildman–Crippen MR) is 51.9 cm³/mol. The summed E-state index contributed by atoms with van der Waals surface area (Å²) in [5.74, 6) is -0.114. The lowest BCUT2D eigenvalue weighted by Gasteiger charge is -2.15. The van der Waals surface area contributed by atoms with E-state index in [1.54, 1.807) is 18.5 Å². The van der Waals surface area contributed by atoms with Crippen LogP contribution in [0.25, 0.3) is 0 Å². The van der Waals surface area contributed by atoms with E-state index in [2.05, 4.69) is 10.3 Å². The number of carbonyl (C=O) groups excluding carboxylic acids is 1. The van der Waals surface area contributed by atoms with Gasteiger partial charge in [0, 0.05) is 12.4 Å². The Morgan fingerprint density at radius 2 is 2.43 bits per heavy atom. The second-order valence-electron chi connectivity index (χ2n) is 3.68. The third-order valence-electron chi connectivity index (χ3n) is 2.66. The first kappa shape index (κ1) is 9.27. The van der Waals surface area contributed by atoms with Crippen LogP contribution in [0.4, 0.5) is 0 Å². The lowest BCUT2D eigenvalue weighted by Crippen LogP contribution is -2.39. The first-order valence-electron chi connectivity index (χ1n) is 4.89. The highest BCUT2D eigenvalue weighted by molar-refractivity contribution is 5.94. The van der Waals surface area contributed by atoms with Gasteiger partial charge in [0.2, 0.25) is 0 Å². The van der Waals surface area contributed by atoms with Gasteiger partial charge in [-0.1, -0.05) is 0 Å². The van der Waals surface area contributed by atoms with Crippen LogP contribution in [0.15, 0.2) is 18.5 Å². The molecule has 0 saturated heterocycles. The number of aromatic amines is 1. The van der Waals surface area contributed by atoms with Gasteiger partial charge < -0.3 is 15.4 Å². The van der Waals surface area contributed by atoms with E-state index in [9.17, 15) is 9.90 Å². The number of H-pyrrole nitrogens is 1. The molecular formula is C10H14N2O2. The summed E-state index contributed by atoms with van der Waals surface area (Å²) in [5, 5.41) is 12.3. The molecule has 76 valence electrons. The minimum atomic E-state index is -0.377. The summed E-state index contributed by atoms with van der Waals surface area (Å²) in [5.41, 5.74) is 0.615. The fraction of sp³-hybridized carbons (Fsp3) is 0.500. The van der Waals surface area contributed by atoms with Crippen LogP contribution in [-0.4, -0.2) is 28.1 Å². The summed E-state index contributed by atoms with van der Waals surface area (Å²) < 4.78 is 0.